The minimum atomic E-state index is 0.848. The van der Waals surface area contributed by atoms with E-state index in [-0.39, 0.29) is 0 Å². The van der Waals surface area contributed by atoms with Gasteiger partial charge < -0.3 is 5.73 Å². The third-order valence-electron chi connectivity index (χ3n) is 3.16. The Kier molecular flexibility index (Phi) is 2.66. The first kappa shape index (κ1) is 11.4. The van der Waals surface area contributed by atoms with E-state index in [1.807, 2.05) is 13.8 Å². The van der Waals surface area contributed by atoms with Crippen LogP contribution in [0, 0.1) is 27.7 Å². The van der Waals surface area contributed by atoms with Crippen molar-refractivity contribution in [2.24, 2.45) is 0 Å². The average molecular weight is 279 g/mol. The minimum Gasteiger partial charge on any atom is -0.398 e. The maximum Gasteiger partial charge on any atom is 0.0732 e. The molecule has 0 aliphatic rings. The molecule has 1 aromatic heterocycles. The molecule has 2 N–H and O–H groups in total. The van der Waals surface area contributed by atoms with Crippen LogP contribution in [0.25, 0.3) is 10.9 Å². The quantitative estimate of drug-likeness (QED) is 0.796. The Balaban J connectivity index is 3.03. The fourth-order valence-corrected chi connectivity index (χ4v) is 2.33. The first-order valence-corrected chi connectivity index (χ1v) is 6.05. The van der Waals surface area contributed by atoms with Crippen molar-refractivity contribution >= 4 is 32.5 Å². The molecule has 1 heterocycles. The van der Waals surface area contributed by atoms with Gasteiger partial charge in [0.2, 0.25) is 0 Å². The third kappa shape index (κ3) is 1.50. The number of nitrogen functional groups attached to an aromatic ring is 1. The molecule has 84 valence electrons. The Bertz CT molecular complexity index is 540. The van der Waals surface area contributed by atoms with E-state index < -0.39 is 0 Å². The standard InChI is InChI=1S/C13H15BrN2/c1-6-5-10-11(8(3)12(6)14)13(15)7(2)9(4)16-10/h5H,1-4H3,(H2,15,16). The van der Waals surface area contributed by atoms with Crippen molar-refractivity contribution < 1.29 is 0 Å². The molecular formula is C13H15BrN2. The third-order valence-corrected chi connectivity index (χ3v) is 4.38. The molecule has 2 rings (SSSR count). The summed E-state index contributed by atoms with van der Waals surface area (Å²) in [6, 6.07) is 2.08. The first-order valence-electron chi connectivity index (χ1n) is 5.25. The zero-order valence-corrected chi connectivity index (χ0v) is 11.6. The predicted octanol–water partition coefficient (Wildman–Crippen LogP) is 3.81. The highest BCUT2D eigenvalue weighted by molar-refractivity contribution is 9.10. The van der Waals surface area contributed by atoms with Crippen LogP contribution in [0.1, 0.15) is 22.4 Å². The number of nitrogens with zero attached hydrogens (tertiary/aromatic N) is 1. The SMILES string of the molecule is Cc1cc2nc(C)c(C)c(N)c2c(C)c1Br. The highest BCUT2D eigenvalue weighted by Crippen LogP contribution is 2.33. The molecule has 0 atom stereocenters. The summed E-state index contributed by atoms with van der Waals surface area (Å²) in [6.45, 7) is 8.16. The van der Waals surface area contributed by atoms with Gasteiger partial charge in [-0.25, -0.2) is 0 Å². The van der Waals surface area contributed by atoms with Crippen LogP contribution in [0.5, 0.6) is 0 Å². The monoisotopic (exact) mass is 278 g/mol. The topological polar surface area (TPSA) is 38.9 Å². The van der Waals surface area contributed by atoms with Crippen LogP contribution in [0.2, 0.25) is 0 Å². The number of pyridine rings is 1. The second kappa shape index (κ2) is 3.74. The van der Waals surface area contributed by atoms with Crippen LogP contribution in [0.4, 0.5) is 5.69 Å². The lowest BCUT2D eigenvalue weighted by molar-refractivity contribution is 1.19. The van der Waals surface area contributed by atoms with Gasteiger partial charge in [-0.05, 0) is 50.5 Å². The summed E-state index contributed by atoms with van der Waals surface area (Å²) in [6.07, 6.45) is 0. The second-order valence-corrected chi connectivity index (χ2v) is 5.06. The van der Waals surface area contributed by atoms with E-state index in [4.69, 9.17) is 5.73 Å². The van der Waals surface area contributed by atoms with Gasteiger partial charge in [-0.3, -0.25) is 4.98 Å². The van der Waals surface area contributed by atoms with Crippen molar-refractivity contribution in [3.8, 4) is 0 Å². The molecule has 2 nitrogen and oxygen atoms in total. The molecule has 0 unspecified atom stereocenters. The molecule has 0 bridgehead atoms. The van der Waals surface area contributed by atoms with E-state index >= 15 is 0 Å². The van der Waals surface area contributed by atoms with Crippen LogP contribution < -0.4 is 5.73 Å². The Morgan fingerprint density at radius 3 is 2.38 bits per heavy atom. The van der Waals surface area contributed by atoms with E-state index in [2.05, 4.69) is 40.8 Å². The van der Waals surface area contributed by atoms with Gasteiger partial charge in [-0.2, -0.15) is 0 Å². The van der Waals surface area contributed by atoms with E-state index in [1.54, 1.807) is 0 Å². The number of anilines is 1. The van der Waals surface area contributed by atoms with E-state index in [0.717, 1.165) is 32.3 Å². The fourth-order valence-electron chi connectivity index (χ4n) is 2.01. The Labute approximate surface area is 104 Å². The molecule has 0 spiro atoms. The summed E-state index contributed by atoms with van der Waals surface area (Å²) in [5.74, 6) is 0. The molecule has 0 fully saturated rings. The molecule has 0 radical (unpaired) electrons. The lowest BCUT2D eigenvalue weighted by atomic mass is 10.0. The molecule has 2 aromatic rings. The van der Waals surface area contributed by atoms with E-state index in [9.17, 15) is 0 Å². The number of hydrogen-bond acceptors (Lipinski definition) is 2. The van der Waals surface area contributed by atoms with Crippen molar-refractivity contribution in [1.29, 1.82) is 0 Å². The number of aromatic nitrogens is 1. The number of benzene rings is 1. The Hall–Kier alpha value is -1.09. The lowest BCUT2D eigenvalue weighted by Crippen LogP contribution is -2.00. The first-order chi connectivity index (χ1) is 7.43. The van der Waals surface area contributed by atoms with Gasteiger partial charge in [0.15, 0.2) is 0 Å². The molecule has 3 heteroatoms. The molecule has 0 saturated heterocycles. The van der Waals surface area contributed by atoms with Crippen molar-refractivity contribution in [2.75, 3.05) is 5.73 Å². The van der Waals surface area contributed by atoms with Crippen LogP contribution in [0.15, 0.2) is 10.5 Å². The van der Waals surface area contributed by atoms with Crippen molar-refractivity contribution in [3.63, 3.8) is 0 Å². The highest BCUT2D eigenvalue weighted by Gasteiger charge is 2.12. The van der Waals surface area contributed by atoms with Crippen molar-refractivity contribution in [3.05, 3.63) is 32.9 Å². The predicted molar refractivity (Wildman–Crippen MR) is 72.8 cm³/mol. The lowest BCUT2D eigenvalue weighted by Gasteiger charge is -2.13. The highest BCUT2D eigenvalue weighted by atomic mass is 79.9. The van der Waals surface area contributed by atoms with Crippen molar-refractivity contribution in [1.82, 2.24) is 4.98 Å². The molecule has 1 aromatic carbocycles. The molecular weight excluding hydrogens is 264 g/mol. The number of aryl methyl sites for hydroxylation is 3. The van der Waals surface area contributed by atoms with E-state index in [0.29, 0.717) is 0 Å². The summed E-state index contributed by atoms with van der Waals surface area (Å²) >= 11 is 3.59. The second-order valence-electron chi connectivity index (χ2n) is 4.26. The van der Waals surface area contributed by atoms with Gasteiger partial charge in [0, 0.05) is 21.2 Å². The molecule has 0 aliphatic carbocycles. The van der Waals surface area contributed by atoms with Gasteiger partial charge in [-0.15, -0.1) is 0 Å². The van der Waals surface area contributed by atoms with E-state index in [1.165, 1.54) is 11.1 Å². The van der Waals surface area contributed by atoms with Crippen molar-refractivity contribution in [2.45, 2.75) is 27.7 Å². The number of rotatable bonds is 0. The molecule has 0 amide bonds. The minimum absolute atomic E-state index is 0.848. The number of hydrogen-bond donors (Lipinski definition) is 1. The Morgan fingerprint density at radius 1 is 1.12 bits per heavy atom. The van der Waals surface area contributed by atoms with Gasteiger partial charge >= 0.3 is 0 Å². The van der Waals surface area contributed by atoms with Crippen LogP contribution in [-0.4, -0.2) is 4.98 Å². The summed E-state index contributed by atoms with van der Waals surface area (Å²) in [5.41, 5.74) is 12.5. The molecule has 0 saturated carbocycles. The summed E-state index contributed by atoms with van der Waals surface area (Å²) in [4.78, 5) is 4.60. The summed E-state index contributed by atoms with van der Waals surface area (Å²) in [5, 5.41) is 1.07. The Morgan fingerprint density at radius 2 is 1.75 bits per heavy atom. The molecule has 0 aliphatic heterocycles. The largest absolute Gasteiger partial charge is 0.398 e. The maximum absolute atomic E-state index is 6.18. The zero-order chi connectivity index (χ0) is 12.0. The number of halogens is 1. The van der Waals surface area contributed by atoms with Crippen LogP contribution in [-0.2, 0) is 0 Å². The number of nitrogens with two attached hydrogens (primary N) is 1. The van der Waals surface area contributed by atoms with Gasteiger partial charge in [0.1, 0.15) is 0 Å². The maximum atomic E-state index is 6.18. The average Bonchev–Trinajstić information content (AvgIpc) is 2.23. The van der Waals surface area contributed by atoms with Gasteiger partial charge in [-0.1, -0.05) is 15.9 Å². The smallest absolute Gasteiger partial charge is 0.0732 e. The summed E-state index contributed by atoms with van der Waals surface area (Å²) < 4.78 is 1.12. The zero-order valence-electron chi connectivity index (χ0n) is 9.98. The van der Waals surface area contributed by atoms with Crippen LogP contribution >= 0.6 is 15.9 Å². The fraction of sp³-hybridized carbons (Fsp3) is 0.308. The van der Waals surface area contributed by atoms with Gasteiger partial charge in [0.05, 0.1) is 5.52 Å². The molecule has 16 heavy (non-hydrogen) atoms. The number of fused-ring (bicyclic) bond motifs is 1. The normalized spacial score (nSPS) is 11.1. The van der Waals surface area contributed by atoms with Crippen LogP contribution in [0.3, 0.4) is 0 Å². The summed E-state index contributed by atoms with van der Waals surface area (Å²) in [7, 11) is 0. The van der Waals surface area contributed by atoms with Gasteiger partial charge in [0.25, 0.3) is 0 Å².